The lowest BCUT2D eigenvalue weighted by atomic mass is 10.1. The van der Waals surface area contributed by atoms with Crippen LogP contribution in [0.15, 0.2) is 34.7 Å². The van der Waals surface area contributed by atoms with Crippen molar-refractivity contribution in [3.8, 4) is 11.3 Å². The molecular formula is C14H16FNO. The van der Waals surface area contributed by atoms with Gasteiger partial charge in [-0.25, -0.2) is 4.39 Å². The fourth-order valence-electron chi connectivity index (χ4n) is 1.73. The second-order valence-corrected chi connectivity index (χ2v) is 4.01. The van der Waals surface area contributed by atoms with Gasteiger partial charge in [0.2, 0.25) is 0 Å². The quantitative estimate of drug-likeness (QED) is 0.874. The summed E-state index contributed by atoms with van der Waals surface area (Å²) >= 11 is 0. The number of halogens is 1. The zero-order valence-corrected chi connectivity index (χ0v) is 10.1. The second-order valence-electron chi connectivity index (χ2n) is 4.01. The fraction of sp³-hybridized carbons (Fsp3) is 0.286. The first-order valence-corrected chi connectivity index (χ1v) is 5.76. The van der Waals surface area contributed by atoms with Crippen molar-refractivity contribution in [1.29, 1.82) is 0 Å². The van der Waals surface area contributed by atoms with Crippen LogP contribution in [0.25, 0.3) is 11.3 Å². The van der Waals surface area contributed by atoms with Gasteiger partial charge in [0.15, 0.2) is 0 Å². The van der Waals surface area contributed by atoms with Gasteiger partial charge >= 0.3 is 0 Å². The molecule has 2 rings (SSSR count). The number of furan rings is 1. The third-order valence-corrected chi connectivity index (χ3v) is 2.68. The zero-order chi connectivity index (χ0) is 12.3. The highest BCUT2D eigenvalue weighted by Crippen LogP contribution is 2.26. The first-order valence-electron chi connectivity index (χ1n) is 5.76. The topological polar surface area (TPSA) is 25.2 Å². The molecule has 2 aromatic rings. The van der Waals surface area contributed by atoms with Crippen LogP contribution >= 0.6 is 0 Å². The average Bonchev–Trinajstić information content (AvgIpc) is 2.78. The van der Waals surface area contributed by atoms with E-state index in [9.17, 15) is 4.39 Å². The van der Waals surface area contributed by atoms with Gasteiger partial charge in [0.05, 0.1) is 6.54 Å². The maximum Gasteiger partial charge on any atom is 0.134 e. The van der Waals surface area contributed by atoms with Crippen LogP contribution in [0.1, 0.15) is 18.2 Å². The van der Waals surface area contributed by atoms with Crippen molar-refractivity contribution >= 4 is 0 Å². The summed E-state index contributed by atoms with van der Waals surface area (Å²) in [4.78, 5) is 0. The van der Waals surface area contributed by atoms with Gasteiger partial charge in [-0.15, -0.1) is 0 Å². The molecule has 0 aliphatic rings. The predicted octanol–water partition coefficient (Wildman–Crippen LogP) is 3.50. The largest absolute Gasteiger partial charge is 0.460 e. The Labute approximate surface area is 100 Å². The van der Waals surface area contributed by atoms with Gasteiger partial charge < -0.3 is 9.73 Å². The minimum absolute atomic E-state index is 0.241. The molecule has 1 aromatic carbocycles. The van der Waals surface area contributed by atoms with Crippen LogP contribution in [0.3, 0.4) is 0 Å². The fourth-order valence-corrected chi connectivity index (χ4v) is 1.73. The van der Waals surface area contributed by atoms with E-state index in [1.54, 1.807) is 6.07 Å². The molecule has 0 aliphatic carbocycles. The highest BCUT2D eigenvalue weighted by molar-refractivity contribution is 5.62. The summed E-state index contributed by atoms with van der Waals surface area (Å²) in [6, 6.07) is 8.53. The van der Waals surface area contributed by atoms with Gasteiger partial charge in [0.25, 0.3) is 0 Å². The van der Waals surface area contributed by atoms with E-state index < -0.39 is 0 Å². The van der Waals surface area contributed by atoms with Crippen molar-refractivity contribution in [3.05, 3.63) is 47.5 Å². The molecule has 1 heterocycles. The Bertz CT molecular complexity index is 505. The van der Waals surface area contributed by atoms with E-state index in [1.165, 1.54) is 12.1 Å². The molecule has 1 N–H and O–H groups in total. The Balaban J connectivity index is 2.27. The van der Waals surface area contributed by atoms with Crippen molar-refractivity contribution in [2.24, 2.45) is 0 Å². The summed E-state index contributed by atoms with van der Waals surface area (Å²) in [5, 5.41) is 3.19. The Morgan fingerprint density at radius 1 is 1.24 bits per heavy atom. The maximum absolute atomic E-state index is 13.2. The van der Waals surface area contributed by atoms with Crippen LogP contribution in [0.4, 0.5) is 4.39 Å². The minimum atomic E-state index is -0.241. The summed E-state index contributed by atoms with van der Waals surface area (Å²) in [6.45, 7) is 5.59. The standard InChI is InChI=1S/C14H16FNO/c1-3-16-9-12-6-7-14(17-12)13-8-11(15)5-4-10(13)2/h4-8,16H,3,9H2,1-2H3. The van der Waals surface area contributed by atoms with Crippen LogP contribution in [0.5, 0.6) is 0 Å². The van der Waals surface area contributed by atoms with Crippen molar-refractivity contribution in [1.82, 2.24) is 5.32 Å². The smallest absolute Gasteiger partial charge is 0.134 e. The normalized spacial score (nSPS) is 10.8. The van der Waals surface area contributed by atoms with E-state index in [-0.39, 0.29) is 5.82 Å². The summed E-state index contributed by atoms with van der Waals surface area (Å²) < 4.78 is 18.9. The van der Waals surface area contributed by atoms with Gasteiger partial charge in [-0.3, -0.25) is 0 Å². The van der Waals surface area contributed by atoms with E-state index in [0.29, 0.717) is 6.54 Å². The monoisotopic (exact) mass is 233 g/mol. The Morgan fingerprint density at radius 3 is 2.82 bits per heavy atom. The van der Waals surface area contributed by atoms with Crippen LogP contribution < -0.4 is 5.32 Å². The van der Waals surface area contributed by atoms with Gasteiger partial charge in [-0.1, -0.05) is 13.0 Å². The van der Waals surface area contributed by atoms with Crippen molar-refractivity contribution in [2.45, 2.75) is 20.4 Å². The van der Waals surface area contributed by atoms with Gasteiger partial charge in [-0.2, -0.15) is 0 Å². The summed E-state index contributed by atoms with van der Waals surface area (Å²) in [5.74, 6) is 1.34. The summed E-state index contributed by atoms with van der Waals surface area (Å²) in [7, 11) is 0. The molecule has 0 spiro atoms. The van der Waals surface area contributed by atoms with Crippen LogP contribution in [-0.2, 0) is 6.54 Å². The second kappa shape index (κ2) is 5.15. The third-order valence-electron chi connectivity index (χ3n) is 2.68. The lowest BCUT2D eigenvalue weighted by Crippen LogP contribution is -2.10. The molecule has 0 unspecified atom stereocenters. The van der Waals surface area contributed by atoms with Gasteiger partial charge in [0.1, 0.15) is 17.3 Å². The van der Waals surface area contributed by atoms with Gasteiger partial charge in [0, 0.05) is 5.56 Å². The summed E-state index contributed by atoms with van der Waals surface area (Å²) in [5.41, 5.74) is 1.82. The first kappa shape index (κ1) is 11.9. The highest BCUT2D eigenvalue weighted by Gasteiger charge is 2.08. The first-order chi connectivity index (χ1) is 8.20. The molecule has 0 radical (unpaired) electrons. The van der Waals surface area contributed by atoms with Crippen molar-refractivity contribution < 1.29 is 8.81 Å². The molecule has 0 aliphatic heterocycles. The molecule has 0 bridgehead atoms. The Kier molecular flexibility index (Phi) is 3.59. The number of rotatable bonds is 4. The molecule has 0 atom stereocenters. The lowest BCUT2D eigenvalue weighted by molar-refractivity contribution is 0.498. The zero-order valence-electron chi connectivity index (χ0n) is 10.1. The molecule has 0 fully saturated rings. The SMILES string of the molecule is CCNCc1ccc(-c2cc(F)ccc2C)o1. The molecule has 17 heavy (non-hydrogen) atoms. The number of hydrogen-bond acceptors (Lipinski definition) is 2. The Hall–Kier alpha value is -1.61. The van der Waals surface area contributed by atoms with E-state index in [4.69, 9.17) is 4.42 Å². The molecule has 0 amide bonds. The van der Waals surface area contributed by atoms with Crippen molar-refractivity contribution in [2.75, 3.05) is 6.54 Å². The molecule has 0 saturated heterocycles. The number of aryl methyl sites for hydroxylation is 1. The average molecular weight is 233 g/mol. The molecule has 90 valence electrons. The lowest BCUT2D eigenvalue weighted by Gasteiger charge is -2.02. The van der Waals surface area contributed by atoms with Crippen molar-refractivity contribution in [3.63, 3.8) is 0 Å². The van der Waals surface area contributed by atoms with Crippen LogP contribution in [-0.4, -0.2) is 6.54 Å². The molecule has 3 heteroatoms. The van der Waals surface area contributed by atoms with E-state index in [0.717, 1.165) is 29.2 Å². The highest BCUT2D eigenvalue weighted by atomic mass is 19.1. The van der Waals surface area contributed by atoms with E-state index in [2.05, 4.69) is 5.32 Å². The molecule has 1 aromatic heterocycles. The molecule has 2 nitrogen and oxygen atoms in total. The van der Waals surface area contributed by atoms with Gasteiger partial charge in [-0.05, 0) is 43.3 Å². The molecular weight excluding hydrogens is 217 g/mol. The molecule has 0 saturated carbocycles. The maximum atomic E-state index is 13.2. The van der Waals surface area contributed by atoms with E-state index in [1.807, 2.05) is 26.0 Å². The van der Waals surface area contributed by atoms with Crippen LogP contribution in [0, 0.1) is 12.7 Å². The van der Waals surface area contributed by atoms with E-state index >= 15 is 0 Å². The van der Waals surface area contributed by atoms with Crippen LogP contribution in [0.2, 0.25) is 0 Å². The predicted molar refractivity (Wildman–Crippen MR) is 66.2 cm³/mol. The number of nitrogens with one attached hydrogen (secondary N) is 1. The summed E-state index contributed by atoms with van der Waals surface area (Å²) in [6.07, 6.45) is 0. The number of benzene rings is 1. The minimum Gasteiger partial charge on any atom is -0.460 e. The Morgan fingerprint density at radius 2 is 2.06 bits per heavy atom. The third kappa shape index (κ3) is 2.74. The number of hydrogen-bond donors (Lipinski definition) is 1.